The first-order valence-corrected chi connectivity index (χ1v) is 6.63. The summed E-state index contributed by atoms with van der Waals surface area (Å²) < 4.78 is 18.9. The quantitative estimate of drug-likeness (QED) is 0.822. The molecule has 0 amide bonds. The Morgan fingerprint density at radius 2 is 2.31 bits per heavy atom. The van der Waals surface area contributed by atoms with Crippen molar-refractivity contribution in [2.45, 2.75) is 23.8 Å². The standard InChI is InChI=1S/C12H16FNOS/c1-15-12-9(10-4-3-5-14-10)6-8(13)7-11(12)16-2/h6-7,10,14H,3-5H2,1-2H3. The molecule has 1 N–H and O–H groups in total. The van der Waals surface area contributed by atoms with Crippen molar-refractivity contribution in [3.05, 3.63) is 23.5 Å². The van der Waals surface area contributed by atoms with Crippen LogP contribution in [0.25, 0.3) is 0 Å². The Bertz CT molecular complexity index is 378. The normalized spacial score (nSPS) is 20.1. The SMILES string of the molecule is COc1c(SC)cc(F)cc1C1CCCN1. The number of ether oxygens (including phenoxy) is 1. The molecule has 1 aliphatic heterocycles. The molecule has 0 radical (unpaired) electrons. The lowest BCUT2D eigenvalue weighted by molar-refractivity contribution is 0.391. The number of nitrogens with one attached hydrogen (secondary N) is 1. The Morgan fingerprint density at radius 1 is 1.50 bits per heavy atom. The van der Waals surface area contributed by atoms with E-state index in [9.17, 15) is 4.39 Å². The molecule has 1 unspecified atom stereocenters. The number of halogens is 1. The van der Waals surface area contributed by atoms with Gasteiger partial charge in [0.1, 0.15) is 11.6 Å². The summed E-state index contributed by atoms with van der Waals surface area (Å²) in [6, 6.07) is 3.35. The maximum atomic E-state index is 13.5. The molecular weight excluding hydrogens is 225 g/mol. The lowest BCUT2D eigenvalue weighted by atomic mass is 10.0. The van der Waals surface area contributed by atoms with E-state index in [1.165, 1.54) is 17.8 Å². The molecule has 4 heteroatoms. The number of rotatable bonds is 3. The molecule has 1 heterocycles. The fourth-order valence-electron chi connectivity index (χ4n) is 2.17. The van der Waals surface area contributed by atoms with Crippen molar-refractivity contribution < 1.29 is 9.13 Å². The zero-order valence-electron chi connectivity index (χ0n) is 9.55. The fourth-order valence-corrected chi connectivity index (χ4v) is 2.78. The summed E-state index contributed by atoms with van der Waals surface area (Å²) in [6.07, 6.45) is 4.12. The second-order valence-electron chi connectivity index (χ2n) is 3.88. The Balaban J connectivity index is 2.44. The molecule has 88 valence electrons. The average molecular weight is 241 g/mol. The average Bonchev–Trinajstić information content (AvgIpc) is 2.81. The van der Waals surface area contributed by atoms with Gasteiger partial charge in [-0.05, 0) is 37.8 Å². The lowest BCUT2D eigenvalue weighted by Crippen LogP contribution is -2.14. The van der Waals surface area contributed by atoms with Gasteiger partial charge in [-0.3, -0.25) is 0 Å². The summed E-state index contributed by atoms with van der Waals surface area (Å²) >= 11 is 1.51. The van der Waals surface area contributed by atoms with E-state index in [1.807, 2.05) is 6.26 Å². The molecule has 2 nitrogen and oxygen atoms in total. The van der Waals surface area contributed by atoms with Crippen molar-refractivity contribution in [3.63, 3.8) is 0 Å². The third kappa shape index (κ3) is 2.18. The number of methoxy groups -OCH3 is 1. The highest BCUT2D eigenvalue weighted by Crippen LogP contribution is 2.38. The van der Waals surface area contributed by atoms with E-state index in [-0.39, 0.29) is 11.9 Å². The van der Waals surface area contributed by atoms with Gasteiger partial charge in [0.25, 0.3) is 0 Å². The lowest BCUT2D eigenvalue weighted by Gasteiger charge is -2.17. The van der Waals surface area contributed by atoms with Crippen LogP contribution in [-0.2, 0) is 0 Å². The first-order chi connectivity index (χ1) is 7.76. The first-order valence-electron chi connectivity index (χ1n) is 5.41. The van der Waals surface area contributed by atoms with E-state index in [0.717, 1.165) is 35.6 Å². The van der Waals surface area contributed by atoms with Crippen LogP contribution in [0.15, 0.2) is 17.0 Å². The predicted octanol–water partition coefficient (Wildman–Crippen LogP) is 2.98. The van der Waals surface area contributed by atoms with Gasteiger partial charge in [-0.15, -0.1) is 11.8 Å². The second kappa shape index (κ2) is 5.06. The summed E-state index contributed by atoms with van der Waals surface area (Å²) in [5.74, 6) is 0.627. The summed E-state index contributed by atoms with van der Waals surface area (Å²) in [4.78, 5) is 0.867. The van der Waals surface area contributed by atoms with Gasteiger partial charge >= 0.3 is 0 Å². The number of benzene rings is 1. The van der Waals surface area contributed by atoms with Gasteiger partial charge < -0.3 is 10.1 Å². The Hall–Kier alpha value is -0.740. The van der Waals surface area contributed by atoms with Gasteiger partial charge in [0, 0.05) is 11.6 Å². The Morgan fingerprint density at radius 3 is 2.88 bits per heavy atom. The maximum absolute atomic E-state index is 13.5. The van der Waals surface area contributed by atoms with Gasteiger partial charge in [0.15, 0.2) is 0 Å². The summed E-state index contributed by atoms with van der Waals surface area (Å²) in [6.45, 7) is 0.999. The maximum Gasteiger partial charge on any atom is 0.137 e. The third-order valence-corrected chi connectivity index (χ3v) is 3.65. The highest BCUT2D eigenvalue weighted by molar-refractivity contribution is 7.98. The van der Waals surface area contributed by atoms with Crippen molar-refractivity contribution in [2.24, 2.45) is 0 Å². The zero-order valence-corrected chi connectivity index (χ0v) is 10.4. The van der Waals surface area contributed by atoms with Crippen LogP contribution in [-0.4, -0.2) is 19.9 Å². The highest BCUT2D eigenvalue weighted by atomic mass is 32.2. The van der Waals surface area contributed by atoms with Crippen molar-refractivity contribution >= 4 is 11.8 Å². The molecule has 0 aliphatic carbocycles. The van der Waals surface area contributed by atoms with E-state index in [0.29, 0.717) is 0 Å². The second-order valence-corrected chi connectivity index (χ2v) is 4.73. The zero-order chi connectivity index (χ0) is 11.5. The van der Waals surface area contributed by atoms with Crippen molar-refractivity contribution in [3.8, 4) is 5.75 Å². The van der Waals surface area contributed by atoms with E-state index >= 15 is 0 Å². The molecule has 1 fully saturated rings. The monoisotopic (exact) mass is 241 g/mol. The topological polar surface area (TPSA) is 21.3 Å². The molecule has 1 aromatic rings. The molecule has 1 aromatic carbocycles. The molecular formula is C12H16FNOS. The summed E-state index contributed by atoms with van der Waals surface area (Å²) in [7, 11) is 1.64. The van der Waals surface area contributed by atoms with E-state index in [2.05, 4.69) is 5.32 Å². The number of thioether (sulfide) groups is 1. The third-order valence-electron chi connectivity index (χ3n) is 2.91. The minimum atomic E-state index is -0.186. The summed E-state index contributed by atoms with van der Waals surface area (Å²) in [5, 5.41) is 3.37. The molecule has 0 aromatic heterocycles. The Kier molecular flexibility index (Phi) is 3.71. The number of hydrogen-bond donors (Lipinski definition) is 1. The molecule has 1 aliphatic rings. The first kappa shape index (κ1) is 11.7. The minimum absolute atomic E-state index is 0.186. The van der Waals surface area contributed by atoms with Crippen LogP contribution in [0.5, 0.6) is 5.75 Å². The van der Waals surface area contributed by atoms with Gasteiger partial charge in [0.2, 0.25) is 0 Å². The van der Waals surface area contributed by atoms with Crippen molar-refractivity contribution in [2.75, 3.05) is 19.9 Å². The summed E-state index contributed by atoms with van der Waals surface area (Å²) in [5.41, 5.74) is 0.948. The van der Waals surface area contributed by atoms with Crippen LogP contribution in [0.4, 0.5) is 4.39 Å². The molecule has 0 saturated carbocycles. The molecule has 0 bridgehead atoms. The van der Waals surface area contributed by atoms with Gasteiger partial charge in [-0.2, -0.15) is 0 Å². The van der Waals surface area contributed by atoms with Crippen LogP contribution in [0, 0.1) is 5.82 Å². The highest BCUT2D eigenvalue weighted by Gasteiger charge is 2.22. The Labute approximate surface area is 99.6 Å². The van der Waals surface area contributed by atoms with Crippen LogP contribution in [0.2, 0.25) is 0 Å². The number of hydrogen-bond acceptors (Lipinski definition) is 3. The van der Waals surface area contributed by atoms with E-state index < -0.39 is 0 Å². The smallest absolute Gasteiger partial charge is 0.137 e. The largest absolute Gasteiger partial charge is 0.495 e. The minimum Gasteiger partial charge on any atom is -0.495 e. The van der Waals surface area contributed by atoms with Crippen LogP contribution < -0.4 is 10.1 Å². The van der Waals surface area contributed by atoms with Crippen LogP contribution >= 0.6 is 11.8 Å². The van der Waals surface area contributed by atoms with Crippen molar-refractivity contribution in [1.82, 2.24) is 5.32 Å². The molecule has 1 saturated heterocycles. The van der Waals surface area contributed by atoms with Crippen molar-refractivity contribution in [1.29, 1.82) is 0 Å². The van der Waals surface area contributed by atoms with Gasteiger partial charge in [-0.1, -0.05) is 0 Å². The fraction of sp³-hybridized carbons (Fsp3) is 0.500. The molecule has 16 heavy (non-hydrogen) atoms. The van der Waals surface area contributed by atoms with Gasteiger partial charge in [0.05, 0.1) is 12.0 Å². The van der Waals surface area contributed by atoms with E-state index in [1.54, 1.807) is 13.2 Å². The predicted molar refractivity (Wildman–Crippen MR) is 64.7 cm³/mol. The molecule has 0 spiro atoms. The van der Waals surface area contributed by atoms with E-state index in [4.69, 9.17) is 4.74 Å². The van der Waals surface area contributed by atoms with Crippen LogP contribution in [0.1, 0.15) is 24.4 Å². The van der Waals surface area contributed by atoms with Crippen LogP contribution in [0.3, 0.4) is 0 Å². The molecule has 2 rings (SSSR count). The van der Waals surface area contributed by atoms with Gasteiger partial charge in [-0.25, -0.2) is 4.39 Å². The molecule has 1 atom stereocenters.